The zero-order valence-corrected chi connectivity index (χ0v) is 11.4. The zero-order valence-electron chi connectivity index (χ0n) is 10.6. The summed E-state index contributed by atoms with van der Waals surface area (Å²) in [6, 6.07) is 0. The van der Waals surface area contributed by atoms with Crippen LogP contribution in [0.1, 0.15) is 12.7 Å². The minimum absolute atomic E-state index is 0.0521. The fourth-order valence-electron chi connectivity index (χ4n) is 1.63. The first-order valence-electron chi connectivity index (χ1n) is 5.73. The number of aryl methyl sites for hydroxylation is 2. The molecular formula is C10H19N3O4S. The molecule has 0 atom stereocenters. The van der Waals surface area contributed by atoms with E-state index in [9.17, 15) is 8.42 Å². The summed E-state index contributed by atoms with van der Waals surface area (Å²) in [5.74, 6) is 0.615. The molecule has 8 heteroatoms. The number of imidazole rings is 1. The van der Waals surface area contributed by atoms with Crippen LogP contribution in [0.2, 0.25) is 0 Å². The van der Waals surface area contributed by atoms with Crippen LogP contribution < -0.4 is 0 Å². The van der Waals surface area contributed by atoms with Crippen molar-refractivity contribution in [1.29, 1.82) is 0 Å². The second-order valence-electron chi connectivity index (χ2n) is 3.76. The number of aromatic nitrogens is 2. The largest absolute Gasteiger partial charge is 0.395 e. The van der Waals surface area contributed by atoms with Crippen LogP contribution in [0.4, 0.5) is 0 Å². The highest BCUT2D eigenvalue weighted by atomic mass is 32.2. The Morgan fingerprint density at radius 1 is 1.33 bits per heavy atom. The molecule has 0 amide bonds. The van der Waals surface area contributed by atoms with Crippen LogP contribution in [-0.4, -0.2) is 58.8 Å². The number of nitrogens with zero attached hydrogens (tertiary/aromatic N) is 3. The Balaban J connectivity index is 3.09. The van der Waals surface area contributed by atoms with E-state index < -0.39 is 10.0 Å². The SMILES string of the molecule is CCn1cc(S(=O)(=O)N(CCO)CCO)nc1C. The highest BCUT2D eigenvalue weighted by Crippen LogP contribution is 2.14. The number of hydrogen-bond donors (Lipinski definition) is 2. The van der Waals surface area contributed by atoms with Crippen molar-refractivity contribution in [2.24, 2.45) is 0 Å². The molecular weight excluding hydrogens is 258 g/mol. The molecule has 0 spiro atoms. The van der Waals surface area contributed by atoms with Crippen LogP contribution in [0.5, 0.6) is 0 Å². The number of aliphatic hydroxyl groups excluding tert-OH is 2. The minimum Gasteiger partial charge on any atom is -0.395 e. The summed E-state index contributed by atoms with van der Waals surface area (Å²) < 4.78 is 27.2. The smallest absolute Gasteiger partial charge is 0.262 e. The van der Waals surface area contributed by atoms with Gasteiger partial charge >= 0.3 is 0 Å². The van der Waals surface area contributed by atoms with E-state index in [0.717, 1.165) is 4.31 Å². The molecule has 1 aromatic heterocycles. The van der Waals surface area contributed by atoms with Crippen molar-refractivity contribution in [3.8, 4) is 0 Å². The maximum atomic E-state index is 12.2. The van der Waals surface area contributed by atoms with Crippen molar-refractivity contribution in [3.63, 3.8) is 0 Å². The van der Waals surface area contributed by atoms with Crippen molar-refractivity contribution >= 4 is 10.0 Å². The fourth-order valence-corrected chi connectivity index (χ4v) is 3.05. The molecule has 1 heterocycles. The predicted octanol–water partition coefficient (Wildman–Crippen LogP) is -0.813. The molecule has 0 bridgehead atoms. The Hall–Kier alpha value is -0.960. The molecule has 104 valence electrons. The minimum atomic E-state index is -3.76. The maximum absolute atomic E-state index is 12.2. The first kappa shape index (κ1) is 15.1. The molecule has 7 nitrogen and oxygen atoms in total. The van der Waals surface area contributed by atoms with Crippen molar-refractivity contribution in [2.75, 3.05) is 26.3 Å². The summed E-state index contributed by atoms with van der Waals surface area (Å²) in [5.41, 5.74) is 0. The van der Waals surface area contributed by atoms with Gasteiger partial charge in [-0.15, -0.1) is 0 Å². The number of aliphatic hydroxyl groups is 2. The molecule has 0 aliphatic carbocycles. The van der Waals surface area contributed by atoms with Gasteiger partial charge in [0.1, 0.15) is 5.82 Å². The standard InChI is InChI=1S/C10H19N3O4S/c1-3-12-8-10(11-9(12)2)18(16,17)13(4-6-14)5-7-15/h8,14-15H,3-7H2,1-2H3. The Morgan fingerprint density at radius 2 is 1.89 bits per heavy atom. The van der Waals surface area contributed by atoms with E-state index in [1.165, 1.54) is 6.20 Å². The Morgan fingerprint density at radius 3 is 2.28 bits per heavy atom. The van der Waals surface area contributed by atoms with E-state index in [1.807, 2.05) is 6.92 Å². The van der Waals surface area contributed by atoms with E-state index >= 15 is 0 Å². The first-order chi connectivity index (χ1) is 8.47. The highest BCUT2D eigenvalue weighted by molar-refractivity contribution is 7.89. The molecule has 2 N–H and O–H groups in total. The molecule has 0 unspecified atom stereocenters. The van der Waals surface area contributed by atoms with E-state index in [4.69, 9.17) is 10.2 Å². The molecule has 0 radical (unpaired) electrons. The first-order valence-corrected chi connectivity index (χ1v) is 7.17. The van der Waals surface area contributed by atoms with Crippen LogP contribution in [0.15, 0.2) is 11.2 Å². The van der Waals surface area contributed by atoms with Crippen molar-refractivity contribution in [3.05, 3.63) is 12.0 Å². The molecule has 0 aromatic carbocycles. The van der Waals surface area contributed by atoms with Gasteiger partial charge in [0.25, 0.3) is 10.0 Å². The van der Waals surface area contributed by atoms with E-state index in [2.05, 4.69) is 4.98 Å². The van der Waals surface area contributed by atoms with Gasteiger partial charge in [0.05, 0.1) is 13.2 Å². The van der Waals surface area contributed by atoms with Gasteiger partial charge < -0.3 is 14.8 Å². The third-order valence-corrected chi connectivity index (χ3v) is 4.37. The summed E-state index contributed by atoms with van der Waals surface area (Å²) in [6.07, 6.45) is 1.46. The van der Waals surface area contributed by atoms with Gasteiger partial charge in [-0.1, -0.05) is 0 Å². The zero-order chi connectivity index (χ0) is 13.8. The average Bonchev–Trinajstić information content (AvgIpc) is 2.71. The Bertz CT molecular complexity index is 477. The van der Waals surface area contributed by atoms with Gasteiger partial charge in [0.2, 0.25) is 0 Å². The summed E-state index contributed by atoms with van der Waals surface area (Å²) in [4.78, 5) is 4.01. The normalized spacial score (nSPS) is 12.3. The summed E-state index contributed by atoms with van der Waals surface area (Å²) in [5, 5.41) is 17.7. The van der Waals surface area contributed by atoms with E-state index in [1.54, 1.807) is 11.5 Å². The van der Waals surface area contributed by atoms with Gasteiger partial charge in [0, 0.05) is 25.8 Å². The van der Waals surface area contributed by atoms with Crippen LogP contribution in [0.25, 0.3) is 0 Å². The topological polar surface area (TPSA) is 95.7 Å². The summed E-state index contributed by atoms with van der Waals surface area (Å²) in [7, 11) is -3.76. The lowest BCUT2D eigenvalue weighted by atomic mass is 10.6. The Labute approximate surface area is 107 Å². The lowest BCUT2D eigenvalue weighted by Crippen LogP contribution is -2.36. The molecule has 1 rings (SSSR count). The van der Waals surface area contributed by atoms with Crippen LogP contribution in [-0.2, 0) is 16.6 Å². The lowest BCUT2D eigenvalue weighted by Gasteiger charge is -2.18. The summed E-state index contributed by atoms with van der Waals surface area (Å²) in [6.45, 7) is 3.55. The lowest BCUT2D eigenvalue weighted by molar-refractivity contribution is 0.217. The van der Waals surface area contributed by atoms with Gasteiger partial charge in [-0.25, -0.2) is 13.4 Å². The average molecular weight is 277 g/mol. The molecule has 1 aromatic rings. The third-order valence-electron chi connectivity index (χ3n) is 2.60. The third kappa shape index (κ3) is 3.08. The van der Waals surface area contributed by atoms with Crippen LogP contribution in [0, 0.1) is 6.92 Å². The van der Waals surface area contributed by atoms with Gasteiger partial charge in [-0.3, -0.25) is 0 Å². The van der Waals surface area contributed by atoms with Crippen molar-refractivity contribution < 1.29 is 18.6 Å². The van der Waals surface area contributed by atoms with Gasteiger partial charge in [-0.05, 0) is 13.8 Å². The van der Waals surface area contributed by atoms with Gasteiger partial charge in [-0.2, -0.15) is 4.31 Å². The monoisotopic (exact) mass is 277 g/mol. The second-order valence-corrected chi connectivity index (χ2v) is 5.65. The molecule has 0 aliphatic heterocycles. The fraction of sp³-hybridized carbons (Fsp3) is 0.700. The van der Waals surface area contributed by atoms with Gasteiger partial charge in [0.15, 0.2) is 5.03 Å². The maximum Gasteiger partial charge on any atom is 0.262 e. The number of sulfonamides is 1. The van der Waals surface area contributed by atoms with Crippen molar-refractivity contribution in [1.82, 2.24) is 13.9 Å². The van der Waals surface area contributed by atoms with E-state index in [0.29, 0.717) is 12.4 Å². The highest BCUT2D eigenvalue weighted by Gasteiger charge is 2.26. The van der Waals surface area contributed by atoms with Crippen LogP contribution >= 0.6 is 0 Å². The molecule has 18 heavy (non-hydrogen) atoms. The second kappa shape index (κ2) is 6.28. The Kier molecular flexibility index (Phi) is 5.27. The number of rotatable bonds is 7. The van der Waals surface area contributed by atoms with E-state index in [-0.39, 0.29) is 31.3 Å². The molecule has 0 aliphatic rings. The van der Waals surface area contributed by atoms with Crippen LogP contribution in [0.3, 0.4) is 0 Å². The molecule has 0 fully saturated rings. The molecule has 0 saturated heterocycles. The predicted molar refractivity (Wildman–Crippen MR) is 65.6 cm³/mol. The summed E-state index contributed by atoms with van der Waals surface area (Å²) >= 11 is 0. The van der Waals surface area contributed by atoms with Crippen molar-refractivity contribution in [2.45, 2.75) is 25.4 Å². The molecule has 0 saturated carbocycles. The quantitative estimate of drug-likeness (QED) is 0.679. The number of hydrogen-bond acceptors (Lipinski definition) is 5.